The van der Waals surface area contributed by atoms with E-state index in [1.54, 1.807) is 6.07 Å². The maximum absolute atomic E-state index is 13.2. The van der Waals surface area contributed by atoms with Gasteiger partial charge >= 0.3 is 12.1 Å². The van der Waals surface area contributed by atoms with Crippen LogP contribution in [0.4, 0.5) is 17.6 Å². The molecule has 2 heterocycles. The third kappa shape index (κ3) is 4.01. The van der Waals surface area contributed by atoms with Crippen LogP contribution in [0.3, 0.4) is 0 Å². The highest BCUT2D eigenvalue weighted by atomic mass is 19.4. The van der Waals surface area contributed by atoms with Crippen LogP contribution in [-0.2, 0) is 27.0 Å². The summed E-state index contributed by atoms with van der Waals surface area (Å²) >= 11 is 0. The minimum atomic E-state index is -4.56. The van der Waals surface area contributed by atoms with Crippen molar-refractivity contribution in [1.29, 1.82) is 0 Å². The number of hydrogen-bond donors (Lipinski definition) is 1. The van der Waals surface area contributed by atoms with Gasteiger partial charge in [-0.1, -0.05) is 17.3 Å². The number of H-pyrrole nitrogens is 1. The minimum Gasteiger partial charge on any atom is -0.463 e. The molecule has 0 saturated carbocycles. The highest BCUT2D eigenvalue weighted by Crippen LogP contribution is 2.30. The standard InChI is InChI=1S/C16H13F4N3O3/c17-11-3-1-2-9(6-11)12-7-13(26-23-12)15(24)25-5-4-10-8-21-22-14(10)16(18,19)20/h1-3,6,8,13H,4-5,7H2,(H,21,22)/t13-/m1/s1. The predicted octanol–water partition coefficient (Wildman–Crippen LogP) is 2.85. The fourth-order valence-corrected chi connectivity index (χ4v) is 2.44. The van der Waals surface area contributed by atoms with E-state index in [0.717, 1.165) is 6.20 Å². The molecule has 0 saturated heterocycles. The number of carbonyl (C=O) groups is 1. The molecule has 0 aliphatic carbocycles. The lowest BCUT2D eigenvalue weighted by molar-refractivity contribution is -0.155. The summed E-state index contributed by atoms with van der Waals surface area (Å²) < 4.78 is 56.3. The van der Waals surface area contributed by atoms with Gasteiger partial charge in [0, 0.05) is 24.0 Å². The Kier molecular flexibility index (Phi) is 4.92. The van der Waals surface area contributed by atoms with Gasteiger partial charge in [0.25, 0.3) is 0 Å². The van der Waals surface area contributed by atoms with Crippen LogP contribution in [0.15, 0.2) is 35.6 Å². The molecule has 1 N–H and O–H groups in total. The number of nitrogens with zero attached hydrogens (tertiary/aromatic N) is 2. The number of aromatic nitrogens is 2. The zero-order chi connectivity index (χ0) is 18.7. The molecular weight excluding hydrogens is 358 g/mol. The van der Waals surface area contributed by atoms with E-state index in [4.69, 9.17) is 9.57 Å². The van der Waals surface area contributed by atoms with E-state index in [2.05, 4.69) is 10.3 Å². The smallest absolute Gasteiger partial charge is 0.433 e. The van der Waals surface area contributed by atoms with Crippen LogP contribution in [0, 0.1) is 5.82 Å². The van der Waals surface area contributed by atoms with Gasteiger partial charge in [-0.05, 0) is 12.1 Å². The second kappa shape index (κ2) is 7.14. The van der Waals surface area contributed by atoms with Crippen LogP contribution in [0.2, 0.25) is 0 Å². The van der Waals surface area contributed by atoms with Gasteiger partial charge in [-0.25, -0.2) is 9.18 Å². The first kappa shape index (κ1) is 17.9. The van der Waals surface area contributed by atoms with E-state index in [0.29, 0.717) is 11.3 Å². The molecule has 1 aromatic carbocycles. The van der Waals surface area contributed by atoms with Gasteiger partial charge in [0.05, 0.1) is 18.5 Å². The zero-order valence-electron chi connectivity index (χ0n) is 13.2. The summed E-state index contributed by atoms with van der Waals surface area (Å²) in [7, 11) is 0. The van der Waals surface area contributed by atoms with Crippen molar-refractivity contribution in [3.8, 4) is 0 Å². The monoisotopic (exact) mass is 371 g/mol. The summed E-state index contributed by atoms with van der Waals surface area (Å²) in [6.07, 6.45) is -4.60. The van der Waals surface area contributed by atoms with E-state index in [9.17, 15) is 22.4 Å². The molecule has 1 aliphatic heterocycles. The number of aromatic amines is 1. The number of carbonyl (C=O) groups excluding carboxylic acids is 1. The van der Waals surface area contributed by atoms with Crippen LogP contribution >= 0.6 is 0 Å². The fraction of sp³-hybridized carbons (Fsp3) is 0.312. The van der Waals surface area contributed by atoms with Gasteiger partial charge in [-0.15, -0.1) is 0 Å². The van der Waals surface area contributed by atoms with Gasteiger partial charge in [0.15, 0.2) is 0 Å². The topological polar surface area (TPSA) is 76.6 Å². The molecule has 138 valence electrons. The van der Waals surface area contributed by atoms with E-state index in [1.807, 2.05) is 5.10 Å². The molecule has 0 fully saturated rings. The molecule has 0 bridgehead atoms. The number of oxime groups is 1. The summed E-state index contributed by atoms with van der Waals surface area (Å²) in [6.45, 7) is -0.267. The maximum atomic E-state index is 13.2. The summed E-state index contributed by atoms with van der Waals surface area (Å²) in [6, 6.07) is 5.66. The first-order valence-corrected chi connectivity index (χ1v) is 7.59. The van der Waals surface area contributed by atoms with Crippen LogP contribution in [0.5, 0.6) is 0 Å². The second-order valence-corrected chi connectivity index (χ2v) is 5.53. The highest BCUT2D eigenvalue weighted by molar-refractivity contribution is 6.03. The third-order valence-electron chi connectivity index (χ3n) is 3.71. The van der Waals surface area contributed by atoms with E-state index >= 15 is 0 Å². The number of nitrogens with one attached hydrogen (secondary N) is 1. The lowest BCUT2D eigenvalue weighted by Crippen LogP contribution is -2.24. The van der Waals surface area contributed by atoms with E-state index in [1.165, 1.54) is 18.2 Å². The van der Waals surface area contributed by atoms with Crippen molar-refractivity contribution in [2.24, 2.45) is 5.16 Å². The molecule has 0 radical (unpaired) electrons. The van der Waals surface area contributed by atoms with Crippen LogP contribution in [0.25, 0.3) is 0 Å². The molecule has 0 amide bonds. The van der Waals surface area contributed by atoms with Crippen LogP contribution in [0.1, 0.15) is 23.2 Å². The summed E-state index contributed by atoms with van der Waals surface area (Å²) in [5.74, 6) is -1.20. The Morgan fingerprint density at radius 1 is 1.38 bits per heavy atom. The Bertz CT molecular complexity index is 832. The predicted molar refractivity (Wildman–Crippen MR) is 80.7 cm³/mol. The zero-order valence-corrected chi connectivity index (χ0v) is 13.2. The van der Waals surface area contributed by atoms with Gasteiger partial charge in [0.1, 0.15) is 11.5 Å². The van der Waals surface area contributed by atoms with Crippen molar-refractivity contribution in [3.05, 3.63) is 53.1 Å². The maximum Gasteiger partial charge on any atom is 0.433 e. The number of benzene rings is 1. The van der Waals surface area contributed by atoms with Crippen molar-refractivity contribution in [2.75, 3.05) is 6.61 Å². The quantitative estimate of drug-likeness (QED) is 0.648. The molecule has 26 heavy (non-hydrogen) atoms. The van der Waals surface area contributed by atoms with Gasteiger partial charge in [-0.2, -0.15) is 18.3 Å². The number of hydrogen-bond acceptors (Lipinski definition) is 5. The summed E-state index contributed by atoms with van der Waals surface area (Å²) in [5.41, 5.74) is -0.203. The van der Waals surface area contributed by atoms with E-state index in [-0.39, 0.29) is 25.0 Å². The molecule has 0 spiro atoms. The summed E-state index contributed by atoms with van der Waals surface area (Å²) in [5, 5.41) is 8.97. The van der Waals surface area contributed by atoms with Crippen molar-refractivity contribution in [3.63, 3.8) is 0 Å². The molecule has 1 aromatic heterocycles. The lowest BCUT2D eigenvalue weighted by atomic mass is 10.1. The second-order valence-electron chi connectivity index (χ2n) is 5.53. The summed E-state index contributed by atoms with van der Waals surface area (Å²) in [4.78, 5) is 16.9. The van der Waals surface area contributed by atoms with Crippen LogP contribution < -0.4 is 0 Å². The number of rotatable bonds is 5. The Balaban J connectivity index is 1.51. The fourth-order valence-electron chi connectivity index (χ4n) is 2.44. The molecule has 0 unspecified atom stereocenters. The van der Waals surface area contributed by atoms with E-state index < -0.39 is 29.8 Å². The Morgan fingerprint density at radius 3 is 2.92 bits per heavy atom. The Morgan fingerprint density at radius 2 is 2.19 bits per heavy atom. The molecule has 3 rings (SSSR count). The van der Waals surface area contributed by atoms with Gasteiger partial charge < -0.3 is 9.57 Å². The molecule has 1 aliphatic rings. The van der Waals surface area contributed by atoms with Crippen molar-refractivity contribution < 1.29 is 31.9 Å². The lowest BCUT2D eigenvalue weighted by Gasteiger charge is -2.10. The van der Waals surface area contributed by atoms with Crippen molar-refractivity contribution in [1.82, 2.24) is 10.2 Å². The average molecular weight is 371 g/mol. The van der Waals surface area contributed by atoms with Gasteiger partial charge in [-0.3, -0.25) is 5.10 Å². The van der Waals surface area contributed by atoms with Crippen molar-refractivity contribution >= 4 is 11.7 Å². The Hall–Kier alpha value is -2.91. The molecule has 10 heteroatoms. The van der Waals surface area contributed by atoms with Crippen molar-refractivity contribution in [2.45, 2.75) is 25.1 Å². The number of ether oxygens (including phenoxy) is 1. The molecule has 2 aromatic rings. The molecular formula is C16H13F4N3O3. The number of alkyl halides is 3. The molecule has 1 atom stereocenters. The normalized spacial score (nSPS) is 16.9. The number of esters is 1. The number of halogens is 4. The minimum absolute atomic E-state index is 0.0851. The molecule has 6 nitrogen and oxygen atoms in total. The Labute approximate surface area is 144 Å². The third-order valence-corrected chi connectivity index (χ3v) is 3.71. The largest absolute Gasteiger partial charge is 0.463 e. The highest BCUT2D eigenvalue weighted by Gasteiger charge is 2.35. The van der Waals surface area contributed by atoms with Crippen LogP contribution in [-0.4, -0.2) is 34.6 Å². The first-order valence-electron chi connectivity index (χ1n) is 7.59. The van der Waals surface area contributed by atoms with Gasteiger partial charge in [0.2, 0.25) is 6.10 Å². The SMILES string of the molecule is O=C(OCCc1cn[nH]c1C(F)(F)F)[C@H]1CC(c2cccc(F)c2)=NO1. The first-order chi connectivity index (χ1) is 12.3. The average Bonchev–Trinajstić information content (AvgIpc) is 3.24.